The molecule has 0 N–H and O–H groups in total. The van der Waals surface area contributed by atoms with Crippen LogP contribution < -0.4 is 0 Å². The summed E-state index contributed by atoms with van der Waals surface area (Å²) in [4.78, 5) is 10.1. The number of rotatable bonds is 3. The van der Waals surface area contributed by atoms with Crippen molar-refractivity contribution >= 4 is 16.3 Å². The molecule has 4 nitrogen and oxygen atoms in total. The van der Waals surface area contributed by atoms with Gasteiger partial charge < -0.3 is 0 Å². The second kappa shape index (κ2) is 5.91. The highest BCUT2D eigenvalue weighted by atomic mass is 32.1. The number of hydrogen-bond acceptors (Lipinski definition) is 4. The number of hydrogen-bond donors (Lipinski definition) is 0. The average molecular weight is 330 g/mol. The monoisotopic (exact) mass is 330 g/mol. The summed E-state index contributed by atoms with van der Waals surface area (Å²) in [5.41, 5.74) is 5.89. The molecule has 0 amide bonds. The van der Waals surface area contributed by atoms with Gasteiger partial charge in [-0.25, -0.2) is 4.98 Å². The molecule has 0 aliphatic heterocycles. The van der Waals surface area contributed by atoms with Crippen molar-refractivity contribution < 1.29 is 0 Å². The number of aryl methyl sites for hydroxylation is 1. The van der Waals surface area contributed by atoms with E-state index in [1.807, 2.05) is 23.6 Å². The Hall–Kier alpha value is -2.97. The molecule has 0 aliphatic carbocycles. The fraction of sp³-hybridized carbons (Fsp3) is 0.105. The van der Waals surface area contributed by atoms with Gasteiger partial charge in [-0.15, -0.1) is 11.3 Å². The Morgan fingerprint density at radius 1 is 1.17 bits per heavy atom. The van der Waals surface area contributed by atoms with Crippen LogP contribution in [0, 0.1) is 18.3 Å². The van der Waals surface area contributed by atoms with Gasteiger partial charge in [0, 0.05) is 17.1 Å². The van der Waals surface area contributed by atoms with Crippen molar-refractivity contribution in [3.63, 3.8) is 0 Å². The number of nitrogens with zero attached hydrogens (tertiary/aromatic N) is 4. The summed E-state index contributed by atoms with van der Waals surface area (Å²) in [7, 11) is 0. The Morgan fingerprint density at radius 3 is 2.71 bits per heavy atom. The van der Waals surface area contributed by atoms with Crippen molar-refractivity contribution in [2.24, 2.45) is 0 Å². The molecule has 0 saturated heterocycles. The van der Waals surface area contributed by atoms with E-state index in [-0.39, 0.29) is 0 Å². The van der Waals surface area contributed by atoms with Gasteiger partial charge in [0.25, 0.3) is 0 Å². The van der Waals surface area contributed by atoms with Crippen molar-refractivity contribution in [3.05, 3.63) is 65.3 Å². The standard InChI is InChI=1S/C19H14N4S/c1-13-5-7-14(8-6-13)18-16(9-10-20)23-17(12-24-19(23)22-18)15-4-2-3-11-21-15/h2-8,11-12H,9H2,1H3. The second-order valence-electron chi connectivity index (χ2n) is 5.56. The molecule has 5 heteroatoms. The molecular formula is C19H14N4S. The summed E-state index contributed by atoms with van der Waals surface area (Å²) in [6.07, 6.45) is 2.08. The van der Waals surface area contributed by atoms with Crippen LogP contribution in [0.4, 0.5) is 0 Å². The summed E-state index contributed by atoms with van der Waals surface area (Å²) in [5, 5.41) is 11.4. The molecule has 0 atom stereocenters. The third-order valence-corrected chi connectivity index (χ3v) is 4.78. The number of benzene rings is 1. The molecule has 0 aliphatic rings. The highest BCUT2D eigenvalue weighted by molar-refractivity contribution is 7.15. The Kier molecular flexibility index (Phi) is 3.60. The second-order valence-corrected chi connectivity index (χ2v) is 6.40. The van der Waals surface area contributed by atoms with Gasteiger partial charge in [-0.1, -0.05) is 35.9 Å². The van der Waals surface area contributed by atoms with E-state index in [1.54, 1.807) is 17.5 Å². The number of aromatic nitrogens is 3. The Morgan fingerprint density at radius 2 is 2.00 bits per heavy atom. The van der Waals surface area contributed by atoms with Gasteiger partial charge in [-0.2, -0.15) is 5.26 Å². The Balaban J connectivity index is 1.97. The molecule has 4 aromatic rings. The maximum atomic E-state index is 9.31. The van der Waals surface area contributed by atoms with E-state index in [2.05, 4.69) is 46.6 Å². The van der Waals surface area contributed by atoms with E-state index in [4.69, 9.17) is 4.98 Å². The van der Waals surface area contributed by atoms with Gasteiger partial charge >= 0.3 is 0 Å². The topological polar surface area (TPSA) is 54.0 Å². The van der Waals surface area contributed by atoms with E-state index in [0.29, 0.717) is 6.42 Å². The van der Waals surface area contributed by atoms with E-state index in [0.717, 1.165) is 33.3 Å². The van der Waals surface area contributed by atoms with Crippen molar-refractivity contribution in [1.29, 1.82) is 5.26 Å². The summed E-state index contributed by atoms with van der Waals surface area (Å²) in [6.45, 7) is 2.06. The first-order chi connectivity index (χ1) is 11.8. The normalized spacial score (nSPS) is 10.8. The lowest BCUT2D eigenvalue weighted by molar-refractivity contribution is 1.07. The van der Waals surface area contributed by atoms with Gasteiger partial charge in [0.2, 0.25) is 0 Å². The van der Waals surface area contributed by atoms with E-state index in [1.165, 1.54) is 5.56 Å². The molecule has 3 aromatic heterocycles. The lowest BCUT2D eigenvalue weighted by atomic mass is 10.1. The predicted octanol–water partition coefficient (Wildman–Crippen LogP) is 4.50. The molecule has 116 valence electrons. The minimum atomic E-state index is 0.306. The van der Waals surface area contributed by atoms with Crippen LogP contribution in [0.3, 0.4) is 0 Å². The van der Waals surface area contributed by atoms with Crippen LogP contribution >= 0.6 is 11.3 Å². The smallest absolute Gasteiger partial charge is 0.195 e. The zero-order chi connectivity index (χ0) is 16.5. The summed E-state index contributed by atoms with van der Waals surface area (Å²) >= 11 is 1.57. The molecule has 0 fully saturated rings. The molecule has 3 heterocycles. The van der Waals surface area contributed by atoms with Gasteiger partial charge in [0.1, 0.15) is 0 Å². The Bertz CT molecular complexity index is 1040. The third-order valence-electron chi connectivity index (χ3n) is 3.96. The zero-order valence-corrected chi connectivity index (χ0v) is 13.9. The van der Waals surface area contributed by atoms with Crippen molar-refractivity contribution in [1.82, 2.24) is 14.4 Å². The first kappa shape index (κ1) is 14.6. The van der Waals surface area contributed by atoms with E-state index in [9.17, 15) is 5.26 Å². The lowest BCUT2D eigenvalue weighted by Crippen LogP contribution is -1.96. The van der Waals surface area contributed by atoms with Crippen LogP contribution in [-0.4, -0.2) is 14.4 Å². The lowest BCUT2D eigenvalue weighted by Gasteiger charge is -2.04. The van der Waals surface area contributed by atoms with Gasteiger partial charge in [0.15, 0.2) is 4.96 Å². The maximum Gasteiger partial charge on any atom is 0.195 e. The molecule has 0 unspecified atom stereocenters. The van der Waals surface area contributed by atoms with Crippen LogP contribution in [0.2, 0.25) is 0 Å². The van der Waals surface area contributed by atoms with Gasteiger partial charge in [-0.05, 0) is 19.1 Å². The highest BCUT2D eigenvalue weighted by Crippen LogP contribution is 2.32. The van der Waals surface area contributed by atoms with Gasteiger partial charge in [-0.3, -0.25) is 9.38 Å². The fourth-order valence-electron chi connectivity index (χ4n) is 2.79. The number of pyridine rings is 1. The van der Waals surface area contributed by atoms with Crippen LogP contribution in [0.25, 0.3) is 27.6 Å². The zero-order valence-electron chi connectivity index (χ0n) is 13.1. The van der Waals surface area contributed by atoms with Crippen LogP contribution in [0.1, 0.15) is 11.3 Å². The SMILES string of the molecule is Cc1ccc(-c2nc3scc(-c4ccccn4)n3c2CC#N)cc1. The number of nitriles is 1. The van der Waals surface area contributed by atoms with Crippen molar-refractivity contribution in [2.45, 2.75) is 13.3 Å². The number of thiazole rings is 1. The van der Waals surface area contributed by atoms with E-state index >= 15 is 0 Å². The number of fused-ring (bicyclic) bond motifs is 1. The number of imidazole rings is 1. The summed E-state index contributed by atoms with van der Waals surface area (Å²) < 4.78 is 2.06. The highest BCUT2D eigenvalue weighted by Gasteiger charge is 2.19. The van der Waals surface area contributed by atoms with E-state index < -0.39 is 0 Å². The summed E-state index contributed by atoms with van der Waals surface area (Å²) in [5.74, 6) is 0. The predicted molar refractivity (Wildman–Crippen MR) is 95.8 cm³/mol. The summed E-state index contributed by atoms with van der Waals surface area (Å²) in [6, 6.07) is 16.4. The molecule has 1 aromatic carbocycles. The minimum absolute atomic E-state index is 0.306. The third kappa shape index (κ3) is 2.38. The maximum absolute atomic E-state index is 9.31. The molecule has 0 saturated carbocycles. The molecule has 4 rings (SSSR count). The molecular weight excluding hydrogens is 316 g/mol. The van der Waals surface area contributed by atoms with Crippen LogP contribution in [0.15, 0.2) is 54.0 Å². The molecule has 0 spiro atoms. The first-order valence-corrected chi connectivity index (χ1v) is 8.50. The van der Waals surface area contributed by atoms with Gasteiger partial charge in [0.05, 0.1) is 35.3 Å². The van der Waals surface area contributed by atoms with Crippen LogP contribution in [-0.2, 0) is 6.42 Å². The molecule has 24 heavy (non-hydrogen) atoms. The first-order valence-electron chi connectivity index (χ1n) is 7.62. The van der Waals surface area contributed by atoms with Crippen molar-refractivity contribution in [3.8, 4) is 28.7 Å². The fourth-order valence-corrected chi connectivity index (χ4v) is 3.69. The molecule has 0 radical (unpaired) electrons. The Labute approximate surface area is 143 Å². The quantitative estimate of drug-likeness (QED) is 0.556. The largest absolute Gasteiger partial charge is 0.284 e. The van der Waals surface area contributed by atoms with Crippen LogP contribution in [0.5, 0.6) is 0 Å². The average Bonchev–Trinajstić information content (AvgIpc) is 3.17. The van der Waals surface area contributed by atoms with Crippen molar-refractivity contribution in [2.75, 3.05) is 0 Å². The molecule has 0 bridgehead atoms. The minimum Gasteiger partial charge on any atom is -0.284 e.